The first-order chi connectivity index (χ1) is 17.0. The number of carbonyl (C=O) groups is 3. The van der Waals surface area contributed by atoms with E-state index >= 15 is 0 Å². The summed E-state index contributed by atoms with van der Waals surface area (Å²) in [4.78, 5) is 39.3. The van der Waals surface area contributed by atoms with Crippen LogP contribution in [-0.2, 0) is 14.3 Å². The summed E-state index contributed by atoms with van der Waals surface area (Å²) in [6.45, 7) is 0.449. The Morgan fingerprint density at radius 3 is 2.40 bits per heavy atom. The molecule has 7 nitrogen and oxygen atoms in total. The standard InChI is InChI=1S/C28H28N2O5/c1-34-27(32)18-21-8-7-17-30(25-12-6-5-11-24(21)25)28(33)20-13-15-22(16-14-20)29-26(31)19-35-23-9-3-2-4-10-23/h2-6,9-16,21H,7-8,17-19H2,1H3,(H,29,31). The summed E-state index contributed by atoms with van der Waals surface area (Å²) < 4.78 is 10.3. The van der Waals surface area contributed by atoms with Gasteiger partial charge in [-0.15, -0.1) is 0 Å². The fraction of sp³-hybridized carbons (Fsp3) is 0.250. The molecule has 0 radical (unpaired) electrons. The zero-order chi connectivity index (χ0) is 24.6. The van der Waals surface area contributed by atoms with Crippen molar-refractivity contribution in [2.75, 3.05) is 30.5 Å². The summed E-state index contributed by atoms with van der Waals surface area (Å²) in [5.41, 5.74) is 2.90. The Hall–Kier alpha value is -4.13. The molecule has 3 aromatic rings. The molecule has 3 aromatic carbocycles. The number of hydrogen-bond donors (Lipinski definition) is 1. The number of hydrogen-bond acceptors (Lipinski definition) is 5. The summed E-state index contributed by atoms with van der Waals surface area (Å²) >= 11 is 0. The molecule has 0 saturated heterocycles. The van der Waals surface area contributed by atoms with Gasteiger partial charge in [-0.2, -0.15) is 0 Å². The number of carbonyl (C=O) groups excluding carboxylic acids is 3. The second-order valence-corrected chi connectivity index (χ2v) is 8.36. The molecule has 180 valence electrons. The topological polar surface area (TPSA) is 84.9 Å². The molecule has 1 unspecified atom stereocenters. The molecule has 1 atom stereocenters. The van der Waals surface area contributed by atoms with Gasteiger partial charge in [-0.05, 0) is 66.8 Å². The van der Waals surface area contributed by atoms with Crippen molar-refractivity contribution in [1.29, 1.82) is 0 Å². The van der Waals surface area contributed by atoms with Crippen LogP contribution in [0.4, 0.5) is 11.4 Å². The van der Waals surface area contributed by atoms with Gasteiger partial charge in [0.25, 0.3) is 11.8 Å². The second-order valence-electron chi connectivity index (χ2n) is 8.36. The number of amides is 2. The molecule has 1 heterocycles. The predicted octanol–water partition coefficient (Wildman–Crippen LogP) is 4.79. The molecule has 1 aliphatic heterocycles. The van der Waals surface area contributed by atoms with Gasteiger partial charge in [-0.25, -0.2) is 0 Å². The second kappa shape index (κ2) is 11.3. The summed E-state index contributed by atoms with van der Waals surface area (Å²) in [5, 5.41) is 2.78. The van der Waals surface area contributed by atoms with E-state index in [-0.39, 0.29) is 36.7 Å². The minimum atomic E-state index is -0.286. The number of benzene rings is 3. The first-order valence-corrected chi connectivity index (χ1v) is 11.6. The zero-order valence-corrected chi connectivity index (χ0v) is 19.6. The number of nitrogens with zero attached hydrogens (tertiary/aromatic N) is 1. The van der Waals surface area contributed by atoms with Gasteiger partial charge >= 0.3 is 5.97 Å². The van der Waals surface area contributed by atoms with Crippen LogP contribution in [0.1, 0.15) is 41.1 Å². The highest BCUT2D eigenvalue weighted by Crippen LogP contribution is 2.37. The summed E-state index contributed by atoms with van der Waals surface area (Å²) in [6, 6.07) is 23.7. The Morgan fingerprint density at radius 2 is 1.66 bits per heavy atom. The van der Waals surface area contributed by atoms with Crippen molar-refractivity contribution in [1.82, 2.24) is 0 Å². The van der Waals surface area contributed by atoms with E-state index in [0.29, 0.717) is 23.5 Å². The summed E-state index contributed by atoms with van der Waals surface area (Å²) in [5.74, 6) is -0.0360. The van der Waals surface area contributed by atoms with Gasteiger partial charge < -0.3 is 19.7 Å². The summed E-state index contributed by atoms with van der Waals surface area (Å²) in [7, 11) is 1.39. The number of fused-ring (bicyclic) bond motifs is 1. The molecule has 1 N–H and O–H groups in total. The van der Waals surface area contributed by atoms with Crippen LogP contribution in [0.5, 0.6) is 5.75 Å². The highest BCUT2D eigenvalue weighted by molar-refractivity contribution is 6.07. The molecule has 0 spiro atoms. The molecule has 0 saturated carbocycles. The van der Waals surface area contributed by atoms with Gasteiger partial charge in [0, 0.05) is 23.5 Å². The van der Waals surface area contributed by atoms with Crippen LogP contribution >= 0.6 is 0 Å². The normalized spacial score (nSPS) is 14.9. The maximum Gasteiger partial charge on any atom is 0.306 e. The van der Waals surface area contributed by atoms with Crippen molar-refractivity contribution < 1.29 is 23.9 Å². The fourth-order valence-corrected chi connectivity index (χ4v) is 4.27. The Morgan fingerprint density at radius 1 is 0.943 bits per heavy atom. The van der Waals surface area contributed by atoms with Crippen molar-refractivity contribution in [3.63, 3.8) is 0 Å². The number of ether oxygens (including phenoxy) is 2. The van der Waals surface area contributed by atoms with Crippen LogP contribution in [0.3, 0.4) is 0 Å². The lowest BCUT2D eigenvalue weighted by molar-refractivity contribution is -0.141. The highest BCUT2D eigenvalue weighted by Gasteiger charge is 2.28. The largest absolute Gasteiger partial charge is 0.484 e. The number of anilines is 2. The molecule has 4 rings (SSSR count). The number of rotatable bonds is 7. The number of nitrogens with one attached hydrogen (secondary N) is 1. The van der Waals surface area contributed by atoms with Gasteiger partial charge in [0.1, 0.15) is 5.75 Å². The molecule has 35 heavy (non-hydrogen) atoms. The molecule has 7 heteroatoms. The Kier molecular flexibility index (Phi) is 7.77. The molecular formula is C28H28N2O5. The quantitative estimate of drug-likeness (QED) is 0.500. The Balaban J connectivity index is 1.43. The van der Waals surface area contributed by atoms with Crippen molar-refractivity contribution in [2.45, 2.75) is 25.2 Å². The van der Waals surface area contributed by atoms with Crippen molar-refractivity contribution in [3.8, 4) is 5.75 Å². The van der Waals surface area contributed by atoms with Crippen molar-refractivity contribution >= 4 is 29.2 Å². The number of esters is 1. The number of para-hydroxylation sites is 2. The average Bonchev–Trinajstić information content (AvgIpc) is 3.07. The van der Waals surface area contributed by atoms with E-state index in [1.54, 1.807) is 41.3 Å². The predicted molar refractivity (Wildman–Crippen MR) is 134 cm³/mol. The Labute approximate surface area is 204 Å². The van der Waals surface area contributed by atoms with Gasteiger partial charge in [0.2, 0.25) is 0 Å². The minimum absolute atomic E-state index is 0.00661. The maximum absolute atomic E-state index is 13.4. The third kappa shape index (κ3) is 6.06. The molecule has 2 amide bonds. The van der Waals surface area contributed by atoms with Crippen LogP contribution in [0.15, 0.2) is 78.9 Å². The third-order valence-electron chi connectivity index (χ3n) is 6.02. The van der Waals surface area contributed by atoms with E-state index in [4.69, 9.17) is 9.47 Å². The lowest BCUT2D eigenvalue weighted by atomic mass is 9.91. The van der Waals surface area contributed by atoms with Crippen molar-refractivity contribution in [3.05, 3.63) is 90.0 Å². The number of methoxy groups -OCH3 is 1. The lowest BCUT2D eigenvalue weighted by Gasteiger charge is -2.24. The van der Waals surface area contributed by atoms with Gasteiger partial charge in [-0.1, -0.05) is 36.4 Å². The SMILES string of the molecule is COC(=O)CC1CCCN(C(=O)c2ccc(NC(=O)COc3ccccc3)cc2)c2ccccc21. The minimum Gasteiger partial charge on any atom is -0.484 e. The van der Waals surface area contributed by atoms with Crippen LogP contribution < -0.4 is 15.0 Å². The molecule has 0 fully saturated rings. The van der Waals surface area contributed by atoms with E-state index < -0.39 is 0 Å². The van der Waals surface area contributed by atoms with E-state index in [0.717, 1.165) is 24.1 Å². The first-order valence-electron chi connectivity index (χ1n) is 11.6. The zero-order valence-electron chi connectivity index (χ0n) is 19.6. The first kappa shape index (κ1) is 24.0. The monoisotopic (exact) mass is 472 g/mol. The molecule has 1 aliphatic rings. The van der Waals surface area contributed by atoms with E-state index in [9.17, 15) is 14.4 Å². The van der Waals surface area contributed by atoms with Crippen LogP contribution in [0.2, 0.25) is 0 Å². The molecular weight excluding hydrogens is 444 g/mol. The van der Waals surface area contributed by atoms with Gasteiger partial charge in [0.05, 0.1) is 13.5 Å². The molecule has 0 aromatic heterocycles. The van der Waals surface area contributed by atoms with E-state index in [1.807, 2.05) is 42.5 Å². The van der Waals surface area contributed by atoms with Crippen molar-refractivity contribution in [2.24, 2.45) is 0 Å². The Bertz CT molecular complexity index is 1180. The van der Waals surface area contributed by atoms with E-state index in [1.165, 1.54) is 7.11 Å². The smallest absolute Gasteiger partial charge is 0.306 e. The maximum atomic E-state index is 13.4. The highest BCUT2D eigenvalue weighted by atomic mass is 16.5. The fourth-order valence-electron chi connectivity index (χ4n) is 4.27. The van der Waals surface area contributed by atoms with Crippen LogP contribution in [0.25, 0.3) is 0 Å². The molecule has 0 aliphatic carbocycles. The third-order valence-corrected chi connectivity index (χ3v) is 6.02. The van der Waals surface area contributed by atoms with Crippen LogP contribution in [-0.4, -0.2) is 38.0 Å². The van der Waals surface area contributed by atoms with Gasteiger partial charge in [0.15, 0.2) is 6.61 Å². The molecule has 0 bridgehead atoms. The van der Waals surface area contributed by atoms with Crippen LogP contribution in [0, 0.1) is 0 Å². The van der Waals surface area contributed by atoms with Gasteiger partial charge in [-0.3, -0.25) is 14.4 Å². The lowest BCUT2D eigenvalue weighted by Crippen LogP contribution is -2.31. The average molecular weight is 473 g/mol. The summed E-state index contributed by atoms with van der Waals surface area (Å²) in [6.07, 6.45) is 1.86. The van der Waals surface area contributed by atoms with E-state index in [2.05, 4.69) is 5.32 Å².